The van der Waals surface area contributed by atoms with Gasteiger partial charge in [0.2, 0.25) is 9.04 Å². The Morgan fingerprint density at radius 3 is 1.78 bits per heavy atom. The summed E-state index contributed by atoms with van der Waals surface area (Å²) in [5.74, 6) is 0. The molecule has 0 amide bonds. The Kier molecular flexibility index (Phi) is 5.10. The van der Waals surface area contributed by atoms with Gasteiger partial charge in [0.1, 0.15) is 0 Å². The van der Waals surface area contributed by atoms with E-state index in [1.807, 2.05) is 0 Å². The van der Waals surface area contributed by atoms with Crippen molar-refractivity contribution in [1.82, 2.24) is 0 Å². The van der Waals surface area contributed by atoms with Gasteiger partial charge in [0.05, 0.1) is 0 Å². The third-order valence-corrected chi connectivity index (χ3v) is 3.57. The summed E-state index contributed by atoms with van der Waals surface area (Å²) in [4.78, 5) is 0. The van der Waals surface area contributed by atoms with Crippen LogP contribution in [0.3, 0.4) is 0 Å². The van der Waals surface area contributed by atoms with E-state index < -0.39 is 9.04 Å². The normalized spacial score (nSPS) is 11.3. The van der Waals surface area contributed by atoms with Crippen molar-refractivity contribution in [3.63, 3.8) is 0 Å². The maximum Gasteiger partial charge on any atom is 0.211 e. The molecule has 0 rings (SSSR count). The Labute approximate surface area is 60.1 Å². The van der Waals surface area contributed by atoms with E-state index in [1.54, 1.807) is 0 Å². The minimum absolute atomic E-state index is 0.423. The Hall–Kier alpha value is 0.177. The summed E-state index contributed by atoms with van der Waals surface area (Å²) in [7, 11) is -0.423. The topological polar surface area (TPSA) is 9.23 Å². The van der Waals surface area contributed by atoms with Crippen LogP contribution in [0, 0.1) is 0 Å². The number of rotatable bonds is 4. The zero-order chi connectivity index (χ0) is 7.28. The van der Waals surface area contributed by atoms with Crippen molar-refractivity contribution < 1.29 is 4.43 Å². The van der Waals surface area contributed by atoms with Crippen LogP contribution in [0.25, 0.3) is 0 Å². The molecule has 0 spiro atoms. The molecule has 0 aromatic rings. The van der Waals surface area contributed by atoms with Gasteiger partial charge in [-0.15, -0.1) is 0 Å². The minimum atomic E-state index is -0.423. The lowest BCUT2D eigenvalue weighted by Gasteiger charge is -2.13. The van der Waals surface area contributed by atoms with Gasteiger partial charge in [0, 0.05) is 6.10 Å². The molecule has 0 aromatic heterocycles. The van der Waals surface area contributed by atoms with Crippen molar-refractivity contribution >= 4 is 9.04 Å². The molecule has 0 fully saturated rings. The van der Waals surface area contributed by atoms with Gasteiger partial charge in [-0.3, -0.25) is 0 Å². The van der Waals surface area contributed by atoms with Crippen LogP contribution in [0.4, 0.5) is 0 Å². The highest BCUT2D eigenvalue weighted by molar-refractivity contribution is 6.51. The molecular weight excluding hydrogens is 128 g/mol. The summed E-state index contributed by atoms with van der Waals surface area (Å²) in [5, 5.41) is 0. The largest absolute Gasteiger partial charge is 0.414 e. The van der Waals surface area contributed by atoms with E-state index in [0.29, 0.717) is 6.10 Å². The Morgan fingerprint density at radius 2 is 1.67 bits per heavy atom. The predicted octanol–water partition coefficient (Wildman–Crippen LogP) is 2.44. The van der Waals surface area contributed by atoms with Gasteiger partial charge < -0.3 is 4.43 Å². The van der Waals surface area contributed by atoms with E-state index in [2.05, 4.69) is 27.7 Å². The van der Waals surface area contributed by atoms with Crippen LogP contribution in [-0.4, -0.2) is 15.1 Å². The molecule has 0 bridgehead atoms. The van der Waals surface area contributed by atoms with E-state index in [-0.39, 0.29) is 0 Å². The minimum Gasteiger partial charge on any atom is -0.414 e. The Balaban J connectivity index is 3.31. The van der Waals surface area contributed by atoms with Crippen molar-refractivity contribution in [2.45, 2.75) is 45.9 Å². The van der Waals surface area contributed by atoms with Crippen LogP contribution < -0.4 is 0 Å². The van der Waals surface area contributed by atoms with Crippen molar-refractivity contribution in [3.05, 3.63) is 0 Å². The predicted molar refractivity (Wildman–Crippen MR) is 42.9 cm³/mol. The Bertz CT molecular complexity index is 59.9. The van der Waals surface area contributed by atoms with Crippen LogP contribution in [0.15, 0.2) is 0 Å². The van der Waals surface area contributed by atoms with Gasteiger partial charge in [-0.2, -0.15) is 0 Å². The van der Waals surface area contributed by atoms with E-state index >= 15 is 0 Å². The van der Waals surface area contributed by atoms with E-state index in [4.69, 9.17) is 4.43 Å². The molecule has 0 unspecified atom stereocenters. The van der Waals surface area contributed by atoms with E-state index in [9.17, 15) is 0 Å². The summed E-state index contributed by atoms with van der Waals surface area (Å²) in [6, 6.07) is 2.47. The quantitative estimate of drug-likeness (QED) is 0.552. The first-order valence-electron chi connectivity index (χ1n) is 3.72. The molecular formula is C7H17OSi. The molecule has 0 saturated heterocycles. The second-order valence-corrected chi connectivity index (χ2v) is 5.14. The maximum absolute atomic E-state index is 5.65. The first-order chi connectivity index (χ1) is 4.20. The van der Waals surface area contributed by atoms with Crippen LogP contribution in [-0.2, 0) is 4.43 Å². The first kappa shape index (κ1) is 9.18. The molecule has 2 heteroatoms. The first-order valence-corrected chi connectivity index (χ1v) is 5.54. The van der Waals surface area contributed by atoms with Crippen LogP contribution >= 0.6 is 0 Å². The van der Waals surface area contributed by atoms with E-state index in [0.717, 1.165) is 0 Å². The fourth-order valence-electron chi connectivity index (χ4n) is 0.750. The second-order valence-electron chi connectivity index (χ2n) is 2.41. The molecule has 0 aliphatic carbocycles. The van der Waals surface area contributed by atoms with Gasteiger partial charge in [-0.05, 0) is 25.9 Å². The summed E-state index contributed by atoms with van der Waals surface area (Å²) < 4.78 is 5.65. The maximum atomic E-state index is 5.65. The van der Waals surface area contributed by atoms with Crippen molar-refractivity contribution in [3.8, 4) is 0 Å². The van der Waals surface area contributed by atoms with Crippen molar-refractivity contribution in [1.29, 1.82) is 0 Å². The molecule has 9 heavy (non-hydrogen) atoms. The molecule has 0 aliphatic rings. The highest BCUT2D eigenvalue weighted by Crippen LogP contribution is 2.02. The molecule has 0 saturated carbocycles. The molecule has 0 heterocycles. The highest BCUT2D eigenvalue weighted by atomic mass is 28.3. The number of hydrogen-bond donors (Lipinski definition) is 0. The van der Waals surface area contributed by atoms with E-state index in [1.165, 1.54) is 12.1 Å². The molecule has 0 aliphatic heterocycles. The van der Waals surface area contributed by atoms with Crippen LogP contribution in [0.5, 0.6) is 0 Å². The smallest absolute Gasteiger partial charge is 0.211 e. The molecule has 1 radical (unpaired) electrons. The van der Waals surface area contributed by atoms with Crippen LogP contribution in [0.1, 0.15) is 27.7 Å². The molecule has 55 valence electrons. The lowest BCUT2D eigenvalue weighted by molar-refractivity contribution is 0.242. The Morgan fingerprint density at radius 1 is 1.22 bits per heavy atom. The third kappa shape index (κ3) is 4.67. The zero-order valence-electron chi connectivity index (χ0n) is 6.90. The zero-order valence-corrected chi connectivity index (χ0v) is 7.90. The lowest BCUT2D eigenvalue weighted by atomic mass is 10.5. The third-order valence-electron chi connectivity index (χ3n) is 1.19. The monoisotopic (exact) mass is 145 g/mol. The molecule has 0 aromatic carbocycles. The van der Waals surface area contributed by atoms with Gasteiger partial charge in [0.25, 0.3) is 0 Å². The van der Waals surface area contributed by atoms with Gasteiger partial charge in [0.15, 0.2) is 0 Å². The lowest BCUT2D eigenvalue weighted by Crippen LogP contribution is -2.19. The molecule has 0 N–H and O–H groups in total. The summed E-state index contributed by atoms with van der Waals surface area (Å²) in [6.45, 7) is 8.63. The second kappa shape index (κ2) is 5.00. The summed E-state index contributed by atoms with van der Waals surface area (Å²) in [6.07, 6.45) is 0.429. The van der Waals surface area contributed by atoms with Crippen molar-refractivity contribution in [2.75, 3.05) is 0 Å². The average molecular weight is 145 g/mol. The SMILES string of the molecule is CC[Si](CC)OC(C)C. The summed E-state index contributed by atoms with van der Waals surface area (Å²) in [5.41, 5.74) is 0. The molecule has 1 nitrogen and oxygen atoms in total. The number of hydrogen-bond acceptors (Lipinski definition) is 1. The van der Waals surface area contributed by atoms with Gasteiger partial charge in [-0.1, -0.05) is 13.8 Å². The highest BCUT2D eigenvalue weighted by Gasteiger charge is 2.08. The fourth-order valence-corrected chi connectivity index (χ4v) is 2.25. The van der Waals surface area contributed by atoms with Crippen LogP contribution in [0.2, 0.25) is 12.1 Å². The molecule has 0 atom stereocenters. The fraction of sp³-hybridized carbons (Fsp3) is 1.00. The summed E-state index contributed by atoms with van der Waals surface area (Å²) >= 11 is 0. The average Bonchev–Trinajstić information content (AvgIpc) is 1.82. The van der Waals surface area contributed by atoms with Gasteiger partial charge in [-0.25, -0.2) is 0 Å². The standard InChI is InChI=1S/C7H17OSi/c1-5-9(6-2)8-7(3)4/h7H,5-6H2,1-4H3. The van der Waals surface area contributed by atoms with Gasteiger partial charge >= 0.3 is 0 Å². The van der Waals surface area contributed by atoms with Crippen molar-refractivity contribution in [2.24, 2.45) is 0 Å².